The molecule has 1 heterocycles. The van der Waals surface area contributed by atoms with E-state index in [-0.39, 0.29) is 0 Å². The molecule has 0 atom stereocenters. The molecule has 0 bridgehead atoms. The maximum absolute atomic E-state index is 3.98. The fourth-order valence-electron chi connectivity index (χ4n) is 1.63. The van der Waals surface area contributed by atoms with E-state index in [1.54, 1.807) is 0 Å². The van der Waals surface area contributed by atoms with Gasteiger partial charge in [0.1, 0.15) is 0 Å². The highest BCUT2D eigenvalue weighted by atomic mass is 14.9. The van der Waals surface area contributed by atoms with Crippen molar-refractivity contribution in [2.24, 2.45) is 0 Å². The van der Waals surface area contributed by atoms with Crippen LogP contribution in [0.15, 0.2) is 47.9 Å². The van der Waals surface area contributed by atoms with Crippen LogP contribution in [0.3, 0.4) is 0 Å². The minimum absolute atomic E-state index is 1.02. The summed E-state index contributed by atoms with van der Waals surface area (Å²) >= 11 is 0. The molecule has 0 aromatic carbocycles. The van der Waals surface area contributed by atoms with Crippen LogP contribution in [0.25, 0.3) is 0 Å². The second kappa shape index (κ2) is 5.59. The summed E-state index contributed by atoms with van der Waals surface area (Å²) in [4.78, 5) is 0. The van der Waals surface area contributed by atoms with Crippen molar-refractivity contribution >= 4 is 0 Å². The van der Waals surface area contributed by atoms with Crippen molar-refractivity contribution in [3.8, 4) is 0 Å². The third-order valence-electron chi connectivity index (χ3n) is 2.74. The van der Waals surface area contributed by atoms with Crippen molar-refractivity contribution in [2.75, 3.05) is 0 Å². The molecule has 1 N–H and O–H groups in total. The van der Waals surface area contributed by atoms with Crippen LogP contribution in [0.4, 0.5) is 0 Å². The lowest BCUT2D eigenvalue weighted by atomic mass is 9.99. The van der Waals surface area contributed by atoms with Crippen molar-refractivity contribution in [3.05, 3.63) is 47.9 Å². The Balaban J connectivity index is 2.77. The first-order valence-electron chi connectivity index (χ1n) is 5.70. The SMILES string of the molecule is C=C(/C=C\C1=C(CC)NC(=C)CC1)CC. The highest BCUT2D eigenvalue weighted by Crippen LogP contribution is 2.23. The summed E-state index contributed by atoms with van der Waals surface area (Å²) in [5.74, 6) is 0. The molecule has 0 spiro atoms. The minimum Gasteiger partial charge on any atom is -0.363 e. The van der Waals surface area contributed by atoms with Crippen molar-refractivity contribution in [1.29, 1.82) is 0 Å². The highest BCUT2D eigenvalue weighted by molar-refractivity contribution is 5.33. The Kier molecular flexibility index (Phi) is 4.41. The van der Waals surface area contributed by atoms with Gasteiger partial charge in [-0.1, -0.05) is 44.7 Å². The van der Waals surface area contributed by atoms with E-state index in [4.69, 9.17) is 0 Å². The first-order valence-corrected chi connectivity index (χ1v) is 5.70. The van der Waals surface area contributed by atoms with Crippen LogP contribution in [-0.4, -0.2) is 0 Å². The van der Waals surface area contributed by atoms with Crippen LogP contribution in [-0.2, 0) is 0 Å². The van der Waals surface area contributed by atoms with Gasteiger partial charge in [0.25, 0.3) is 0 Å². The summed E-state index contributed by atoms with van der Waals surface area (Å²) in [5, 5.41) is 3.36. The van der Waals surface area contributed by atoms with Gasteiger partial charge in [0.2, 0.25) is 0 Å². The highest BCUT2D eigenvalue weighted by Gasteiger charge is 2.10. The van der Waals surface area contributed by atoms with Crippen molar-refractivity contribution in [2.45, 2.75) is 39.5 Å². The minimum atomic E-state index is 1.02. The van der Waals surface area contributed by atoms with E-state index in [1.807, 2.05) is 0 Å². The van der Waals surface area contributed by atoms with Gasteiger partial charge in [-0.25, -0.2) is 0 Å². The van der Waals surface area contributed by atoms with Gasteiger partial charge in [0.05, 0.1) is 0 Å². The standard InChI is InChI=1S/C14H21N/c1-5-11(3)7-9-13-10-8-12(4)15-14(13)6-2/h7,9,15H,3-6,8,10H2,1-2H3/b9-7-. The molecule has 0 aliphatic carbocycles. The first-order chi connectivity index (χ1) is 7.17. The topological polar surface area (TPSA) is 12.0 Å². The Bertz CT molecular complexity index is 318. The Morgan fingerprint density at radius 3 is 2.73 bits per heavy atom. The molecule has 0 unspecified atom stereocenters. The summed E-state index contributed by atoms with van der Waals surface area (Å²) < 4.78 is 0. The molecular formula is C14H21N. The summed E-state index contributed by atoms with van der Waals surface area (Å²) in [6.07, 6.45) is 8.53. The number of hydrogen-bond acceptors (Lipinski definition) is 1. The average molecular weight is 203 g/mol. The van der Waals surface area contributed by atoms with Crippen LogP contribution >= 0.6 is 0 Å². The molecule has 1 aliphatic rings. The second-order valence-electron chi connectivity index (χ2n) is 3.93. The Morgan fingerprint density at radius 1 is 1.40 bits per heavy atom. The number of allylic oxidation sites excluding steroid dienone is 6. The molecule has 0 saturated heterocycles. The number of hydrogen-bond donors (Lipinski definition) is 1. The Hall–Kier alpha value is -1.24. The summed E-state index contributed by atoms with van der Waals surface area (Å²) in [5.41, 5.74) is 5.03. The molecular weight excluding hydrogens is 182 g/mol. The Labute approximate surface area is 93.3 Å². The number of rotatable bonds is 4. The number of nitrogens with one attached hydrogen (secondary N) is 1. The summed E-state index contributed by atoms with van der Waals surface area (Å²) in [6, 6.07) is 0. The van der Waals surface area contributed by atoms with Gasteiger partial charge in [0, 0.05) is 11.4 Å². The van der Waals surface area contributed by atoms with Crippen molar-refractivity contribution in [1.82, 2.24) is 5.32 Å². The molecule has 1 aliphatic heterocycles. The molecule has 82 valence electrons. The molecule has 0 fully saturated rings. The summed E-state index contributed by atoms with van der Waals surface area (Å²) in [7, 11) is 0. The van der Waals surface area contributed by atoms with Crippen molar-refractivity contribution < 1.29 is 0 Å². The van der Waals surface area contributed by atoms with Gasteiger partial charge < -0.3 is 5.32 Å². The zero-order valence-electron chi connectivity index (χ0n) is 9.90. The van der Waals surface area contributed by atoms with Gasteiger partial charge in [-0.05, 0) is 31.3 Å². The molecule has 0 saturated carbocycles. The van der Waals surface area contributed by atoms with Crippen LogP contribution in [0.1, 0.15) is 39.5 Å². The third-order valence-corrected chi connectivity index (χ3v) is 2.74. The normalized spacial score (nSPS) is 17.1. The molecule has 0 amide bonds. The lowest BCUT2D eigenvalue weighted by Crippen LogP contribution is -2.18. The molecule has 0 aromatic rings. The molecule has 1 heteroatoms. The van der Waals surface area contributed by atoms with Gasteiger partial charge in [-0.15, -0.1) is 0 Å². The van der Waals surface area contributed by atoms with Crippen LogP contribution in [0.2, 0.25) is 0 Å². The average Bonchev–Trinajstić information content (AvgIpc) is 2.26. The lowest BCUT2D eigenvalue weighted by Gasteiger charge is -2.21. The summed E-state index contributed by atoms with van der Waals surface area (Å²) in [6.45, 7) is 12.2. The second-order valence-corrected chi connectivity index (χ2v) is 3.93. The van der Waals surface area contributed by atoms with E-state index in [1.165, 1.54) is 16.8 Å². The van der Waals surface area contributed by atoms with Gasteiger partial charge >= 0.3 is 0 Å². The molecule has 0 radical (unpaired) electrons. The smallest absolute Gasteiger partial charge is 0.0178 e. The van der Waals surface area contributed by atoms with E-state index in [0.717, 1.165) is 31.4 Å². The van der Waals surface area contributed by atoms with E-state index in [2.05, 4.69) is 44.5 Å². The molecule has 15 heavy (non-hydrogen) atoms. The maximum Gasteiger partial charge on any atom is 0.0178 e. The first kappa shape index (κ1) is 11.8. The quantitative estimate of drug-likeness (QED) is 0.679. The van der Waals surface area contributed by atoms with Gasteiger partial charge in [0.15, 0.2) is 0 Å². The Morgan fingerprint density at radius 2 is 2.13 bits per heavy atom. The molecule has 1 nitrogen and oxygen atoms in total. The van der Waals surface area contributed by atoms with Crippen LogP contribution < -0.4 is 5.32 Å². The van der Waals surface area contributed by atoms with E-state index in [9.17, 15) is 0 Å². The van der Waals surface area contributed by atoms with Gasteiger partial charge in [-0.3, -0.25) is 0 Å². The van der Waals surface area contributed by atoms with Crippen LogP contribution in [0.5, 0.6) is 0 Å². The van der Waals surface area contributed by atoms with E-state index >= 15 is 0 Å². The van der Waals surface area contributed by atoms with E-state index in [0.29, 0.717) is 0 Å². The predicted molar refractivity (Wildman–Crippen MR) is 67.4 cm³/mol. The maximum atomic E-state index is 3.98. The molecule has 1 rings (SSSR count). The lowest BCUT2D eigenvalue weighted by molar-refractivity contribution is 0.741. The van der Waals surface area contributed by atoms with Crippen molar-refractivity contribution in [3.63, 3.8) is 0 Å². The largest absolute Gasteiger partial charge is 0.363 e. The fourth-order valence-corrected chi connectivity index (χ4v) is 1.63. The predicted octanol–water partition coefficient (Wildman–Crippen LogP) is 4.07. The van der Waals surface area contributed by atoms with Gasteiger partial charge in [-0.2, -0.15) is 0 Å². The zero-order chi connectivity index (χ0) is 11.3. The van der Waals surface area contributed by atoms with Crippen LogP contribution in [0, 0.1) is 0 Å². The zero-order valence-corrected chi connectivity index (χ0v) is 9.90. The van der Waals surface area contributed by atoms with E-state index < -0.39 is 0 Å². The third kappa shape index (κ3) is 3.43. The molecule has 0 aromatic heterocycles. The monoisotopic (exact) mass is 203 g/mol. The fraction of sp³-hybridized carbons (Fsp3) is 0.429.